The van der Waals surface area contributed by atoms with Gasteiger partial charge in [-0.2, -0.15) is 9.97 Å². The van der Waals surface area contributed by atoms with Gasteiger partial charge in [0.15, 0.2) is 5.82 Å². The third-order valence-electron chi connectivity index (χ3n) is 11.1. The number of aromatic nitrogens is 2. The zero-order valence-corrected chi connectivity index (χ0v) is 26.5. The van der Waals surface area contributed by atoms with E-state index in [0.717, 1.165) is 63.7 Å². The summed E-state index contributed by atoms with van der Waals surface area (Å²) in [5, 5.41) is 16.4. The highest BCUT2D eigenvalue weighted by atomic mass is 19.1. The Bertz CT molecular complexity index is 1960. The molecule has 0 radical (unpaired) electrons. The molecule has 242 valence electrons. The first-order valence-electron chi connectivity index (χ1n) is 16.7. The second-order valence-corrected chi connectivity index (χ2v) is 14.1. The number of anilines is 1. The highest BCUT2D eigenvalue weighted by Crippen LogP contribution is 2.49. The molecule has 4 fully saturated rings. The largest absolute Gasteiger partial charge is 0.508 e. The van der Waals surface area contributed by atoms with E-state index in [1.807, 2.05) is 18.2 Å². The molecule has 1 aromatic heterocycles. The lowest BCUT2D eigenvalue weighted by molar-refractivity contribution is 0.100. The fourth-order valence-electron chi connectivity index (χ4n) is 8.40. The number of methoxy groups -OCH3 is 1. The topological polar surface area (TPSA) is 92.2 Å². The zero-order valence-electron chi connectivity index (χ0n) is 26.5. The summed E-state index contributed by atoms with van der Waals surface area (Å²) in [6, 6.07) is 11.2. The Hall–Kier alpha value is -4.17. The molecule has 9 rings (SSSR count). The van der Waals surface area contributed by atoms with Crippen LogP contribution in [0.25, 0.3) is 32.8 Å². The average molecular weight is 636 g/mol. The molecule has 0 unspecified atom stereocenters. The first-order chi connectivity index (χ1) is 22.9. The predicted molar refractivity (Wildman–Crippen MR) is 178 cm³/mol. The minimum Gasteiger partial charge on any atom is -0.508 e. The lowest BCUT2D eigenvalue weighted by atomic mass is 9.93. The highest BCUT2D eigenvalue weighted by Gasteiger charge is 2.47. The summed E-state index contributed by atoms with van der Waals surface area (Å²) in [5.41, 5.74) is 1.53. The van der Waals surface area contributed by atoms with E-state index in [0.29, 0.717) is 52.7 Å². The molecule has 10 heteroatoms. The van der Waals surface area contributed by atoms with Gasteiger partial charge in [-0.3, -0.25) is 4.90 Å². The molecule has 0 spiro atoms. The third-order valence-corrected chi connectivity index (χ3v) is 11.1. The van der Waals surface area contributed by atoms with Gasteiger partial charge in [-0.1, -0.05) is 18.1 Å². The summed E-state index contributed by atoms with van der Waals surface area (Å²) < 4.78 is 35.7. The second kappa shape index (κ2) is 10.9. The molecular formula is C37H38FN5O4. The quantitative estimate of drug-likeness (QED) is 0.277. The first kappa shape index (κ1) is 29.0. The van der Waals surface area contributed by atoms with Gasteiger partial charge in [0.25, 0.3) is 0 Å². The van der Waals surface area contributed by atoms with E-state index < -0.39 is 5.82 Å². The van der Waals surface area contributed by atoms with Crippen molar-refractivity contribution in [3.8, 4) is 41.0 Å². The van der Waals surface area contributed by atoms with Crippen molar-refractivity contribution in [2.24, 2.45) is 5.41 Å². The Balaban J connectivity index is 1.17. The number of ether oxygens (including phenoxy) is 3. The van der Waals surface area contributed by atoms with Crippen LogP contribution in [-0.2, 0) is 4.74 Å². The number of hydrogen-bond acceptors (Lipinski definition) is 9. The summed E-state index contributed by atoms with van der Waals surface area (Å²) in [5.74, 6) is 3.39. The molecule has 9 nitrogen and oxygen atoms in total. The molecule has 0 amide bonds. The molecule has 3 aromatic carbocycles. The van der Waals surface area contributed by atoms with Crippen molar-refractivity contribution in [3.63, 3.8) is 0 Å². The van der Waals surface area contributed by atoms with Crippen LogP contribution in [0.4, 0.5) is 10.2 Å². The molecule has 4 aromatic rings. The highest BCUT2D eigenvalue weighted by molar-refractivity contribution is 6.05. The minimum absolute atomic E-state index is 0.0177. The molecule has 2 N–H and O–H groups in total. The molecule has 5 heterocycles. The molecule has 47 heavy (non-hydrogen) atoms. The van der Waals surface area contributed by atoms with Gasteiger partial charge in [-0.25, -0.2) is 4.39 Å². The summed E-state index contributed by atoms with van der Waals surface area (Å²) in [6.07, 6.45) is 11.5. The van der Waals surface area contributed by atoms with Crippen LogP contribution in [-0.4, -0.2) is 90.7 Å². The maximum atomic E-state index is 17.1. The van der Waals surface area contributed by atoms with E-state index in [2.05, 4.69) is 21.0 Å². The number of fused-ring (bicyclic) bond motifs is 6. The van der Waals surface area contributed by atoms with Crippen LogP contribution in [0.2, 0.25) is 0 Å². The predicted octanol–water partition coefficient (Wildman–Crippen LogP) is 4.86. The number of hydrogen-bond donors (Lipinski definition) is 2. The normalized spacial score (nSPS) is 25.8. The van der Waals surface area contributed by atoms with E-state index in [-0.39, 0.29) is 46.4 Å². The van der Waals surface area contributed by atoms with Crippen molar-refractivity contribution in [1.29, 1.82) is 0 Å². The van der Waals surface area contributed by atoms with Gasteiger partial charge >= 0.3 is 6.01 Å². The van der Waals surface area contributed by atoms with Crippen molar-refractivity contribution in [1.82, 2.24) is 20.2 Å². The number of rotatable bonds is 7. The Morgan fingerprint density at radius 3 is 2.83 bits per heavy atom. The SMILES string of the molecule is C#Cc1cccc2cc(O)cc(-c3cc4c5c(nc(OCC6(CN7CC[C@@H](OC)C7)CC6)nc5c3F)N3C[C@H]5CC[C@H](N5)[C@H]3CO4)c12. The van der Waals surface area contributed by atoms with E-state index in [1.165, 1.54) is 0 Å². The van der Waals surface area contributed by atoms with E-state index in [9.17, 15) is 5.11 Å². The number of piperazine rings is 1. The van der Waals surface area contributed by atoms with Gasteiger partial charge in [-0.05, 0) is 67.3 Å². The Kier molecular flexibility index (Phi) is 6.75. The smallest absolute Gasteiger partial charge is 0.319 e. The minimum atomic E-state index is -0.528. The molecule has 1 aliphatic carbocycles. The second-order valence-electron chi connectivity index (χ2n) is 14.1. The lowest BCUT2D eigenvalue weighted by Gasteiger charge is -2.40. The van der Waals surface area contributed by atoms with Crippen LogP contribution in [0, 0.1) is 23.6 Å². The number of likely N-dealkylation sites (tertiary alicyclic amines) is 1. The molecule has 1 saturated carbocycles. The van der Waals surface area contributed by atoms with Gasteiger partial charge in [-0.15, -0.1) is 6.42 Å². The average Bonchev–Trinajstić information content (AvgIpc) is 3.56. The first-order valence-corrected chi connectivity index (χ1v) is 16.7. The standard InChI is InChI=1S/C37H38FN5O4/c1-3-21-5-4-6-22-13-24(44)14-26(31(21)22)27-15-30-32-34(33(27)38)40-36(47-20-37(10-11-37)19-42-12-9-25(17-42)45-2)41-35(32)43-16-23-7-8-28(39-23)29(43)18-46-30/h1,4-6,13-15,23,25,28-29,39,44H,7-12,16-20H2,2H3/t23-,25-,28+,29-/m1/s1. The maximum Gasteiger partial charge on any atom is 0.319 e. The summed E-state index contributed by atoms with van der Waals surface area (Å²) in [4.78, 5) is 14.5. The van der Waals surface area contributed by atoms with Crippen molar-refractivity contribution in [3.05, 3.63) is 47.8 Å². The van der Waals surface area contributed by atoms with Crippen LogP contribution in [0.1, 0.15) is 37.7 Å². The number of halogens is 1. The van der Waals surface area contributed by atoms with Gasteiger partial charge in [0.1, 0.15) is 29.4 Å². The molecule has 2 bridgehead atoms. The Morgan fingerprint density at radius 2 is 2.02 bits per heavy atom. The number of benzene rings is 3. The van der Waals surface area contributed by atoms with Crippen molar-refractivity contribution < 1.29 is 23.7 Å². The van der Waals surface area contributed by atoms with Crippen molar-refractivity contribution in [2.45, 2.75) is 56.3 Å². The number of terminal acetylenes is 1. The van der Waals surface area contributed by atoms with Crippen LogP contribution < -0.4 is 19.7 Å². The maximum absolute atomic E-state index is 17.1. The number of nitrogens with one attached hydrogen (secondary N) is 1. The lowest BCUT2D eigenvalue weighted by Crippen LogP contribution is -2.60. The van der Waals surface area contributed by atoms with Crippen LogP contribution in [0.3, 0.4) is 0 Å². The van der Waals surface area contributed by atoms with Gasteiger partial charge < -0.3 is 29.5 Å². The number of aromatic hydroxyl groups is 1. The van der Waals surface area contributed by atoms with Gasteiger partial charge in [0.2, 0.25) is 0 Å². The Morgan fingerprint density at radius 1 is 1.13 bits per heavy atom. The molecule has 4 atom stereocenters. The molecule has 5 aliphatic rings. The van der Waals surface area contributed by atoms with Gasteiger partial charge in [0.05, 0.1) is 24.1 Å². The van der Waals surface area contributed by atoms with E-state index >= 15 is 4.39 Å². The van der Waals surface area contributed by atoms with Crippen LogP contribution in [0.15, 0.2) is 36.4 Å². The van der Waals surface area contributed by atoms with Crippen molar-refractivity contribution in [2.75, 3.05) is 51.4 Å². The van der Waals surface area contributed by atoms with E-state index in [1.54, 1.807) is 25.3 Å². The summed E-state index contributed by atoms with van der Waals surface area (Å²) in [7, 11) is 1.78. The number of phenols is 1. The monoisotopic (exact) mass is 635 g/mol. The van der Waals surface area contributed by atoms with Gasteiger partial charge in [0, 0.05) is 67.3 Å². The van der Waals surface area contributed by atoms with E-state index in [4.69, 9.17) is 30.6 Å². The third kappa shape index (κ3) is 4.86. The van der Waals surface area contributed by atoms with Crippen molar-refractivity contribution >= 4 is 27.5 Å². The summed E-state index contributed by atoms with van der Waals surface area (Å²) in [6.45, 7) is 4.54. The fraction of sp³-hybridized carbons (Fsp3) is 0.459. The molecule has 3 saturated heterocycles. The zero-order chi connectivity index (χ0) is 31.9. The van der Waals surface area contributed by atoms with Crippen LogP contribution >= 0.6 is 0 Å². The molecular weight excluding hydrogens is 597 g/mol. The Labute approximate surface area is 273 Å². The fourth-order valence-corrected chi connectivity index (χ4v) is 8.40. The van der Waals surface area contributed by atoms with Crippen LogP contribution in [0.5, 0.6) is 17.5 Å². The summed E-state index contributed by atoms with van der Waals surface area (Å²) >= 11 is 0. The number of phenolic OH excluding ortho intramolecular Hbond substituents is 1. The molecule has 4 aliphatic heterocycles. The number of nitrogens with zero attached hydrogens (tertiary/aromatic N) is 4.